The maximum Gasteiger partial charge on any atom is 0.0860 e. The van der Waals surface area contributed by atoms with Crippen molar-refractivity contribution in [2.45, 2.75) is 25.5 Å². The molecule has 3 N–H and O–H groups in total. The van der Waals surface area contributed by atoms with E-state index < -0.39 is 23.5 Å². The Balaban J connectivity index is 3.63. The second-order valence-corrected chi connectivity index (χ2v) is 2.78. The Morgan fingerprint density at radius 3 is 2.73 bits per heavy atom. The molecule has 0 aliphatic heterocycles. The van der Waals surface area contributed by atoms with Crippen molar-refractivity contribution in [1.29, 1.82) is 0 Å². The Morgan fingerprint density at radius 2 is 2.36 bits per heavy atom. The van der Waals surface area contributed by atoms with Gasteiger partial charge in [0, 0.05) is 12.6 Å². The molecule has 0 amide bonds. The van der Waals surface area contributed by atoms with Crippen LogP contribution in [0, 0.1) is 0 Å². The topological polar surface area (TPSA) is 95.6 Å². The van der Waals surface area contributed by atoms with E-state index in [9.17, 15) is 8.76 Å². The van der Waals surface area contributed by atoms with E-state index in [1.54, 1.807) is 0 Å². The van der Waals surface area contributed by atoms with Gasteiger partial charge in [0.25, 0.3) is 0 Å². The van der Waals surface area contributed by atoms with Crippen LogP contribution in [0.5, 0.6) is 0 Å². The lowest BCUT2D eigenvalue weighted by atomic mass is 10.1. The molecule has 0 aliphatic carbocycles. The molecule has 3 atom stereocenters. The Labute approximate surface area is 68.0 Å². The average molecular weight is 182 g/mol. The van der Waals surface area contributed by atoms with Crippen LogP contribution in [-0.2, 0) is 15.5 Å². The van der Waals surface area contributed by atoms with Crippen molar-refractivity contribution in [2.24, 2.45) is 5.73 Å². The zero-order chi connectivity index (χ0) is 8.85. The molecule has 0 heterocycles. The van der Waals surface area contributed by atoms with Gasteiger partial charge in [0.05, 0.1) is 17.5 Å². The van der Waals surface area contributed by atoms with Gasteiger partial charge in [0.1, 0.15) is 0 Å². The van der Waals surface area contributed by atoms with Gasteiger partial charge in [-0.25, -0.2) is 4.21 Å². The number of rotatable bonds is 5. The van der Waals surface area contributed by atoms with Gasteiger partial charge in [-0.05, 0) is 13.3 Å². The van der Waals surface area contributed by atoms with Gasteiger partial charge >= 0.3 is 0 Å². The molecule has 0 spiro atoms. The summed E-state index contributed by atoms with van der Waals surface area (Å²) >= 11 is -2.53. The van der Waals surface area contributed by atoms with Crippen molar-refractivity contribution >= 4 is 11.4 Å². The molecule has 0 aromatic rings. The summed E-state index contributed by atoms with van der Waals surface area (Å²) in [7, 11) is 0. The molecular formula is C5H12NO4S-. The number of hydrogen-bond acceptors (Lipinski definition) is 5. The third-order valence-corrected chi connectivity index (χ3v) is 1.76. The SMILES string of the molecule is CC(OS(=O)[O-])C(N)CCO. The molecule has 68 valence electrons. The molecule has 0 radical (unpaired) electrons. The van der Waals surface area contributed by atoms with E-state index in [0.717, 1.165) is 0 Å². The highest BCUT2D eigenvalue weighted by molar-refractivity contribution is 7.74. The molecule has 0 bridgehead atoms. The Kier molecular flexibility index (Phi) is 5.61. The fourth-order valence-corrected chi connectivity index (χ4v) is 0.970. The molecule has 11 heavy (non-hydrogen) atoms. The van der Waals surface area contributed by atoms with Gasteiger partial charge < -0.3 is 15.4 Å². The summed E-state index contributed by atoms with van der Waals surface area (Å²) in [5.41, 5.74) is 5.42. The van der Waals surface area contributed by atoms with Crippen LogP contribution < -0.4 is 5.73 Å². The number of hydrogen-bond donors (Lipinski definition) is 2. The van der Waals surface area contributed by atoms with Crippen molar-refractivity contribution in [3.63, 3.8) is 0 Å². The highest BCUT2D eigenvalue weighted by Crippen LogP contribution is 2.00. The van der Waals surface area contributed by atoms with Crippen molar-refractivity contribution in [1.82, 2.24) is 0 Å². The maximum absolute atomic E-state index is 9.98. The molecule has 0 aromatic heterocycles. The van der Waals surface area contributed by atoms with Gasteiger partial charge in [-0.3, -0.25) is 4.18 Å². The summed E-state index contributed by atoms with van der Waals surface area (Å²) in [6.07, 6.45) is -0.251. The summed E-state index contributed by atoms with van der Waals surface area (Å²) in [5, 5.41) is 8.43. The Bertz CT molecular complexity index is 132. The zero-order valence-electron chi connectivity index (χ0n) is 6.23. The highest BCUT2D eigenvalue weighted by Gasteiger charge is 2.12. The standard InChI is InChI=1S/C5H13NO4S/c1-4(10-11(8)9)5(6)2-3-7/h4-5,7H,2-3,6H2,1H3,(H,8,9)/p-1. The minimum Gasteiger partial charge on any atom is -0.750 e. The van der Waals surface area contributed by atoms with Crippen molar-refractivity contribution < 1.29 is 18.1 Å². The first-order valence-electron chi connectivity index (χ1n) is 3.20. The third kappa shape index (κ3) is 5.28. The molecule has 5 nitrogen and oxygen atoms in total. The number of aliphatic hydroxyl groups excluding tert-OH is 1. The smallest absolute Gasteiger partial charge is 0.0860 e. The summed E-state index contributed by atoms with van der Waals surface area (Å²) < 4.78 is 24.3. The van der Waals surface area contributed by atoms with Crippen LogP contribution >= 0.6 is 0 Å². The minimum atomic E-state index is -2.53. The van der Waals surface area contributed by atoms with Gasteiger partial charge in [-0.2, -0.15) is 0 Å². The van der Waals surface area contributed by atoms with Gasteiger partial charge in [-0.1, -0.05) is 0 Å². The predicted molar refractivity (Wildman–Crippen MR) is 39.1 cm³/mol. The molecule has 0 fully saturated rings. The lowest BCUT2D eigenvalue weighted by Gasteiger charge is -2.19. The van der Waals surface area contributed by atoms with Crippen LogP contribution in [0.2, 0.25) is 0 Å². The van der Waals surface area contributed by atoms with Gasteiger partial charge in [-0.15, -0.1) is 0 Å². The summed E-state index contributed by atoms with van der Waals surface area (Å²) in [6, 6.07) is -0.446. The zero-order valence-corrected chi connectivity index (χ0v) is 7.04. The minimum absolute atomic E-state index is 0.0691. The van der Waals surface area contributed by atoms with Crippen LogP contribution in [0.3, 0.4) is 0 Å². The first-order valence-corrected chi connectivity index (χ1v) is 4.20. The largest absolute Gasteiger partial charge is 0.750 e. The lowest BCUT2D eigenvalue weighted by molar-refractivity contribution is 0.166. The van der Waals surface area contributed by atoms with Crippen LogP contribution in [0.1, 0.15) is 13.3 Å². The molecule has 0 aromatic carbocycles. The van der Waals surface area contributed by atoms with E-state index in [2.05, 4.69) is 4.18 Å². The van der Waals surface area contributed by atoms with E-state index in [0.29, 0.717) is 6.42 Å². The second kappa shape index (κ2) is 5.62. The van der Waals surface area contributed by atoms with E-state index in [1.165, 1.54) is 6.92 Å². The van der Waals surface area contributed by atoms with Crippen molar-refractivity contribution in [2.75, 3.05) is 6.61 Å². The number of aliphatic hydroxyl groups is 1. The molecule has 0 rings (SSSR count). The number of nitrogens with two attached hydrogens (primary N) is 1. The first-order chi connectivity index (χ1) is 5.07. The molecular weight excluding hydrogens is 170 g/mol. The monoisotopic (exact) mass is 182 g/mol. The van der Waals surface area contributed by atoms with Crippen LogP contribution in [0.25, 0.3) is 0 Å². The van der Waals surface area contributed by atoms with Crippen LogP contribution in [-0.4, -0.2) is 32.6 Å². The molecule has 6 heteroatoms. The lowest BCUT2D eigenvalue weighted by Crippen LogP contribution is -2.35. The summed E-state index contributed by atoms with van der Waals surface area (Å²) in [5.74, 6) is 0. The van der Waals surface area contributed by atoms with E-state index in [1.807, 2.05) is 0 Å². The molecule has 0 aliphatic rings. The summed E-state index contributed by atoms with van der Waals surface area (Å²) in [4.78, 5) is 0. The van der Waals surface area contributed by atoms with Gasteiger partial charge in [0.15, 0.2) is 0 Å². The Hall–Kier alpha value is -0.0100. The van der Waals surface area contributed by atoms with Crippen molar-refractivity contribution in [3.05, 3.63) is 0 Å². The normalized spacial score (nSPS) is 19.3. The average Bonchev–Trinajstić information content (AvgIpc) is 1.86. The molecule has 0 saturated carbocycles. The second-order valence-electron chi connectivity index (χ2n) is 2.18. The predicted octanol–water partition coefficient (Wildman–Crippen LogP) is -1.10. The first kappa shape index (κ1) is 11.0. The molecule has 0 saturated heterocycles. The quantitative estimate of drug-likeness (QED) is 0.526. The third-order valence-electron chi connectivity index (χ3n) is 1.30. The van der Waals surface area contributed by atoms with Crippen LogP contribution in [0.4, 0.5) is 0 Å². The molecule has 3 unspecified atom stereocenters. The fourth-order valence-electron chi connectivity index (χ4n) is 0.579. The van der Waals surface area contributed by atoms with Crippen molar-refractivity contribution in [3.8, 4) is 0 Å². The van der Waals surface area contributed by atoms with E-state index >= 15 is 0 Å². The van der Waals surface area contributed by atoms with E-state index in [-0.39, 0.29) is 6.61 Å². The summed E-state index contributed by atoms with van der Waals surface area (Å²) in [6.45, 7) is 1.47. The Morgan fingerprint density at radius 1 is 1.82 bits per heavy atom. The van der Waals surface area contributed by atoms with E-state index in [4.69, 9.17) is 10.8 Å². The van der Waals surface area contributed by atoms with Crippen LogP contribution in [0.15, 0.2) is 0 Å². The fraction of sp³-hybridized carbons (Fsp3) is 1.00. The van der Waals surface area contributed by atoms with Gasteiger partial charge in [0.2, 0.25) is 0 Å². The highest BCUT2D eigenvalue weighted by atomic mass is 32.2. The maximum atomic E-state index is 9.98.